The molecule has 2 N–H and O–H groups in total. The SMILES string of the molecule is CCOc1ccccc1OCC(=O)N[C@H](CC)CO. The lowest BCUT2D eigenvalue weighted by molar-refractivity contribution is -0.124. The molecule has 0 aliphatic heterocycles. The number of aliphatic hydroxyl groups excluding tert-OH is 1. The van der Waals surface area contributed by atoms with Crippen molar-refractivity contribution < 1.29 is 19.4 Å². The molecule has 0 saturated heterocycles. The highest BCUT2D eigenvalue weighted by Gasteiger charge is 2.11. The van der Waals surface area contributed by atoms with Gasteiger partial charge >= 0.3 is 0 Å². The van der Waals surface area contributed by atoms with Crippen molar-refractivity contribution in [3.8, 4) is 11.5 Å². The summed E-state index contributed by atoms with van der Waals surface area (Å²) in [5.74, 6) is 0.899. The molecule has 0 unspecified atom stereocenters. The Morgan fingerprint density at radius 2 is 1.89 bits per heavy atom. The molecular weight excluding hydrogens is 246 g/mol. The van der Waals surface area contributed by atoms with Crippen LogP contribution in [-0.2, 0) is 4.79 Å². The monoisotopic (exact) mass is 267 g/mol. The average Bonchev–Trinajstić information content (AvgIpc) is 2.44. The molecule has 0 radical (unpaired) electrons. The van der Waals surface area contributed by atoms with Gasteiger partial charge in [0.1, 0.15) is 0 Å². The molecule has 19 heavy (non-hydrogen) atoms. The summed E-state index contributed by atoms with van der Waals surface area (Å²) >= 11 is 0. The van der Waals surface area contributed by atoms with Gasteiger partial charge in [0.05, 0.1) is 19.3 Å². The van der Waals surface area contributed by atoms with E-state index in [4.69, 9.17) is 14.6 Å². The Labute approximate surface area is 113 Å². The standard InChI is InChI=1S/C14H21NO4/c1-3-11(9-16)15-14(17)10-19-13-8-6-5-7-12(13)18-4-2/h5-8,11,16H,3-4,9-10H2,1-2H3,(H,15,17)/t11-/m1/s1. The summed E-state index contributed by atoms with van der Waals surface area (Å²) in [7, 11) is 0. The first-order valence-electron chi connectivity index (χ1n) is 6.46. The number of aliphatic hydroxyl groups is 1. The Kier molecular flexibility index (Phi) is 6.74. The lowest BCUT2D eigenvalue weighted by Gasteiger charge is -2.15. The van der Waals surface area contributed by atoms with Crippen LogP contribution in [0.15, 0.2) is 24.3 Å². The molecule has 0 aliphatic rings. The van der Waals surface area contributed by atoms with Crippen molar-refractivity contribution in [1.82, 2.24) is 5.32 Å². The fourth-order valence-electron chi connectivity index (χ4n) is 1.53. The first-order valence-corrected chi connectivity index (χ1v) is 6.46. The van der Waals surface area contributed by atoms with Crippen molar-refractivity contribution >= 4 is 5.91 Å². The lowest BCUT2D eigenvalue weighted by atomic mass is 10.2. The molecule has 1 rings (SSSR count). The van der Waals surface area contributed by atoms with Crippen molar-refractivity contribution in [3.05, 3.63) is 24.3 Å². The molecule has 1 atom stereocenters. The largest absolute Gasteiger partial charge is 0.490 e. The van der Waals surface area contributed by atoms with E-state index >= 15 is 0 Å². The zero-order chi connectivity index (χ0) is 14.1. The van der Waals surface area contributed by atoms with Crippen LogP contribution in [0.1, 0.15) is 20.3 Å². The molecule has 0 aliphatic carbocycles. The minimum absolute atomic E-state index is 0.0717. The molecule has 106 valence electrons. The number of ether oxygens (including phenoxy) is 2. The van der Waals surface area contributed by atoms with Crippen LogP contribution in [0.4, 0.5) is 0 Å². The number of para-hydroxylation sites is 2. The summed E-state index contributed by atoms with van der Waals surface area (Å²) in [5.41, 5.74) is 0. The van der Waals surface area contributed by atoms with Gasteiger partial charge in [0.25, 0.3) is 5.91 Å². The summed E-state index contributed by atoms with van der Waals surface area (Å²) in [5, 5.41) is 11.7. The number of carbonyl (C=O) groups excluding carboxylic acids is 1. The molecule has 5 nitrogen and oxygen atoms in total. The highest BCUT2D eigenvalue weighted by Crippen LogP contribution is 2.26. The van der Waals surface area contributed by atoms with Crippen LogP contribution in [-0.4, -0.2) is 36.9 Å². The van der Waals surface area contributed by atoms with Gasteiger partial charge in [-0.25, -0.2) is 0 Å². The van der Waals surface area contributed by atoms with E-state index in [-0.39, 0.29) is 25.2 Å². The minimum Gasteiger partial charge on any atom is -0.490 e. The van der Waals surface area contributed by atoms with Gasteiger partial charge in [-0.2, -0.15) is 0 Å². The number of hydrogen-bond donors (Lipinski definition) is 2. The van der Waals surface area contributed by atoms with Gasteiger partial charge in [0.2, 0.25) is 0 Å². The Morgan fingerprint density at radius 1 is 1.26 bits per heavy atom. The van der Waals surface area contributed by atoms with E-state index in [1.165, 1.54) is 0 Å². The Balaban J connectivity index is 2.50. The molecule has 5 heteroatoms. The molecule has 0 saturated carbocycles. The van der Waals surface area contributed by atoms with Crippen molar-refractivity contribution in [2.24, 2.45) is 0 Å². The van der Waals surface area contributed by atoms with Crippen LogP contribution in [0.2, 0.25) is 0 Å². The number of benzene rings is 1. The molecule has 1 amide bonds. The van der Waals surface area contributed by atoms with E-state index in [1.54, 1.807) is 12.1 Å². The van der Waals surface area contributed by atoms with Crippen LogP contribution >= 0.6 is 0 Å². The average molecular weight is 267 g/mol. The molecule has 0 bridgehead atoms. The smallest absolute Gasteiger partial charge is 0.258 e. The van der Waals surface area contributed by atoms with Crippen molar-refractivity contribution in [1.29, 1.82) is 0 Å². The number of rotatable bonds is 8. The lowest BCUT2D eigenvalue weighted by Crippen LogP contribution is -2.39. The molecule has 0 aromatic heterocycles. The van der Waals surface area contributed by atoms with E-state index < -0.39 is 0 Å². The van der Waals surface area contributed by atoms with Gasteiger partial charge in [-0.3, -0.25) is 4.79 Å². The van der Waals surface area contributed by atoms with Gasteiger partial charge in [-0.1, -0.05) is 19.1 Å². The topological polar surface area (TPSA) is 67.8 Å². The second-order valence-electron chi connectivity index (χ2n) is 4.02. The molecular formula is C14H21NO4. The molecule has 1 aromatic rings. The third-order valence-corrected chi connectivity index (χ3v) is 2.59. The van der Waals surface area contributed by atoms with Gasteiger partial charge < -0.3 is 19.9 Å². The highest BCUT2D eigenvalue weighted by atomic mass is 16.5. The second kappa shape index (κ2) is 8.37. The van der Waals surface area contributed by atoms with Crippen LogP contribution < -0.4 is 14.8 Å². The van der Waals surface area contributed by atoms with Gasteiger partial charge in [0.15, 0.2) is 18.1 Å². The summed E-state index contributed by atoms with van der Waals surface area (Å²) in [6, 6.07) is 6.98. The van der Waals surface area contributed by atoms with Gasteiger partial charge in [-0.15, -0.1) is 0 Å². The zero-order valence-electron chi connectivity index (χ0n) is 11.4. The van der Waals surface area contributed by atoms with E-state index in [0.29, 0.717) is 24.5 Å². The number of hydrogen-bond acceptors (Lipinski definition) is 4. The second-order valence-corrected chi connectivity index (χ2v) is 4.02. The summed E-state index contributed by atoms with van der Waals surface area (Å²) in [6.45, 7) is 4.15. The minimum atomic E-state index is -0.257. The zero-order valence-corrected chi connectivity index (χ0v) is 11.4. The van der Waals surface area contributed by atoms with E-state index in [0.717, 1.165) is 0 Å². The number of nitrogens with one attached hydrogen (secondary N) is 1. The molecule has 0 heterocycles. The molecule has 0 fully saturated rings. The normalized spacial score (nSPS) is 11.7. The third-order valence-electron chi connectivity index (χ3n) is 2.59. The maximum Gasteiger partial charge on any atom is 0.258 e. The summed E-state index contributed by atoms with van der Waals surface area (Å²) < 4.78 is 10.8. The highest BCUT2D eigenvalue weighted by molar-refractivity contribution is 5.77. The molecule has 1 aromatic carbocycles. The quantitative estimate of drug-likeness (QED) is 0.746. The maximum absolute atomic E-state index is 11.6. The van der Waals surface area contributed by atoms with E-state index in [2.05, 4.69) is 5.32 Å². The van der Waals surface area contributed by atoms with Gasteiger partial charge in [0, 0.05) is 0 Å². The Hall–Kier alpha value is -1.75. The molecule has 0 spiro atoms. The van der Waals surface area contributed by atoms with Gasteiger partial charge in [-0.05, 0) is 25.5 Å². The fourth-order valence-corrected chi connectivity index (χ4v) is 1.53. The first-order chi connectivity index (χ1) is 9.21. The maximum atomic E-state index is 11.6. The number of carbonyl (C=O) groups is 1. The van der Waals surface area contributed by atoms with Crippen LogP contribution in [0.3, 0.4) is 0 Å². The Bertz CT molecular complexity index is 391. The summed E-state index contributed by atoms with van der Waals surface area (Å²) in [6.07, 6.45) is 0.678. The van der Waals surface area contributed by atoms with E-state index in [1.807, 2.05) is 26.0 Å². The van der Waals surface area contributed by atoms with Crippen molar-refractivity contribution in [2.45, 2.75) is 26.3 Å². The van der Waals surface area contributed by atoms with Crippen LogP contribution in [0, 0.1) is 0 Å². The van der Waals surface area contributed by atoms with Crippen LogP contribution in [0.5, 0.6) is 11.5 Å². The third kappa shape index (κ3) is 5.18. The van der Waals surface area contributed by atoms with Crippen LogP contribution in [0.25, 0.3) is 0 Å². The summed E-state index contributed by atoms with van der Waals surface area (Å²) in [4.78, 5) is 11.6. The first kappa shape index (κ1) is 15.3. The predicted molar refractivity (Wildman–Crippen MR) is 72.4 cm³/mol. The predicted octanol–water partition coefficient (Wildman–Crippen LogP) is 1.35. The van der Waals surface area contributed by atoms with Crippen molar-refractivity contribution in [3.63, 3.8) is 0 Å². The van der Waals surface area contributed by atoms with E-state index in [9.17, 15) is 4.79 Å². The fraction of sp³-hybridized carbons (Fsp3) is 0.500. The van der Waals surface area contributed by atoms with Crippen molar-refractivity contribution in [2.75, 3.05) is 19.8 Å². The number of amides is 1. The Morgan fingerprint density at radius 3 is 2.42 bits per heavy atom.